The first kappa shape index (κ1) is 16.2. The number of hydrogen-bond acceptors (Lipinski definition) is 4. The molecule has 2 rings (SSSR count). The van der Waals surface area contributed by atoms with Crippen molar-refractivity contribution in [2.24, 2.45) is 11.8 Å². The fourth-order valence-corrected chi connectivity index (χ4v) is 5.65. The lowest BCUT2D eigenvalue weighted by Crippen LogP contribution is -2.42. The Kier molecular flexibility index (Phi) is 5.87. The Labute approximate surface area is 123 Å². The van der Waals surface area contributed by atoms with Gasteiger partial charge in [-0.1, -0.05) is 26.2 Å². The van der Waals surface area contributed by atoms with E-state index in [1.807, 2.05) is 0 Å². The van der Waals surface area contributed by atoms with Crippen molar-refractivity contribution >= 4 is 9.84 Å². The van der Waals surface area contributed by atoms with Crippen molar-refractivity contribution in [1.29, 1.82) is 0 Å². The molecule has 1 saturated heterocycles. The van der Waals surface area contributed by atoms with Gasteiger partial charge >= 0.3 is 0 Å². The van der Waals surface area contributed by atoms with E-state index in [2.05, 4.69) is 11.8 Å². The van der Waals surface area contributed by atoms with Crippen molar-refractivity contribution in [3.05, 3.63) is 0 Å². The average molecular weight is 303 g/mol. The molecule has 3 atom stereocenters. The highest BCUT2D eigenvalue weighted by Gasteiger charge is 2.33. The van der Waals surface area contributed by atoms with Crippen LogP contribution in [0.4, 0.5) is 0 Å². The maximum absolute atomic E-state index is 11.7. The van der Waals surface area contributed by atoms with Crippen LogP contribution in [-0.4, -0.2) is 55.7 Å². The molecule has 0 aromatic carbocycles. The summed E-state index contributed by atoms with van der Waals surface area (Å²) in [6.45, 7) is 3.98. The van der Waals surface area contributed by atoms with Crippen LogP contribution in [0.1, 0.15) is 45.4 Å². The molecule has 1 saturated carbocycles. The molecule has 2 fully saturated rings. The molecule has 1 heterocycles. The Hall–Kier alpha value is -0.130. The number of sulfone groups is 1. The summed E-state index contributed by atoms with van der Waals surface area (Å²) in [6, 6.07) is 0.133. The predicted octanol–water partition coefficient (Wildman–Crippen LogP) is 1.68. The fraction of sp³-hybridized carbons (Fsp3) is 1.00. The first-order valence-corrected chi connectivity index (χ1v) is 9.91. The zero-order valence-corrected chi connectivity index (χ0v) is 13.4. The third kappa shape index (κ3) is 4.43. The smallest absolute Gasteiger partial charge is 0.151 e. The van der Waals surface area contributed by atoms with Gasteiger partial charge in [0, 0.05) is 19.1 Å². The second-order valence-electron chi connectivity index (χ2n) is 6.58. The minimum atomic E-state index is -2.84. The number of nitrogens with zero attached hydrogens (tertiary/aromatic N) is 1. The van der Waals surface area contributed by atoms with Gasteiger partial charge in [-0.25, -0.2) is 8.42 Å². The van der Waals surface area contributed by atoms with E-state index < -0.39 is 9.84 Å². The highest BCUT2D eigenvalue weighted by Crippen LogP contribution is 2.32. The van der Waals surface area contributed by atoms with Gasteiger partial charge in [0.15, 0.2) is 9.84 Å². The maximum atomic E-state index is 11.7. The lowest BCUT2D eigenvalue weighted by atomic mass is 9.80. The van der Waals surface area contributed by atoms with Gasteiger partial charge in [-0.3, -0.25) is 4.90 Å². The zero-order valence-electron chi connectivity index (χ0n) is 12.6. The quantitative estimate of drug-likeness (QED) is 0.811. The molecule has 0 amide bonds. The predicted molar refractivity (Wildman–Crippen MR) is 81.5 cm³/mol. The summed E-state index contributed by atoms with van der Waals surface area (Å²) in [7, 11) is -2.84. The minimum Gasteiger partial charge on any atom is -0.395 e. The fourth-order valence-electron chi connectivity index (χ4n) is 3.89. The van der Waals surface area contributed by atoms with Crippen LogP contribution in [0, 0.1) is 11.8 Å². The third-order valence-electron chi connectivity index (χ3n) is 5.07. The maximum Gasteiger partial charge on any atom is 0.151 e. The third-order valence-corrected chi connectivity index (χ3v) is 6.82. The number of aliphatic hydroxyl groups is 1. The number of aliphatic hydroxyl groups excluding tert-OH is 1. The van der Waals surface area contributed by atoms with Gasteiger partial charge in [0.25, 0.3) is 0 Å². The summed E-state index contributed by atoms with van der Waals surface area (Å²) in [5, 5.41) is 9.26. The molecular weight excluding hydrogens is 274 g/mol. The molecule has 1 aliphatic carbocycles. The molecule has 0 spiro atoms. The van der Waals surface area contributed by atoms with Crippen LogP contribution in [0.15, 0.2) is 0 Å². The van der Waals surface area contributed by atoms with Crippen LogP contribution in [0.5, 0.6) is 0 Å². The van der Waals surface area contributed by atoms with Crippen LogP contribution in [-0.2, 0) is 9.84 Å². The van der Waals surface area contributed by atoms with E-state index in [1.54, 1.807) is 0 Å². The van der Waals surface area contributed by atoms with Gasteiger partial charge in [-0.05, 0) is 31.1 Å². The SMILES string of the molecule is CC[C@@H]1CCC[C@@H](CN(CCO)[C@H]2CCS(=O)(=O)C2)C1. The van der Waals surface area contributed by atoms with Crippen molar-refractivity contribution in [2.45, 2.75) is 51.5 Å². The van der Waals surface area contributed by atoms with Gasteiger partial charge in [0.1, 0.15) is 0 Å². The Morgan fingerprint density at radius 1 is 1.20 bits per heavy atom. The zero-order chi connectivity index (χ0) is 14.6. The Morgan fingerprint density at radius 2 is 1.95 bits per heavy atom. The summed E-state index contributed by atoms with van der Waals surface area (Å²) in [5.74, 6) is 2.14. The highest BCUT2D eigenvalue weighted by atomic mass is 32.2. The first-order chi connectivity index (χ1) is 9.54. The second-order valence-corrected chi connectivity index (χ2v) is 8.81. The summed E-state index contributed by atoms with van der Waals surface area (Å²) in [4.78, 5) is 2.24. The molecule has 1 N–H and O–H groups in total. The Morgan fingerprint density at radius 3 is 2.55 bits per heavy atom. The van der Waals surface area contributed by atoms with Crippen molar-refractivity contribution in [3.63, 3.8) is 0 Å². The molecule has 2 aliphatic rings. The van der Waals surface area contributed by atoms with Gasteiger partial charge in [-0.2, -0.15) is 0 Å². The van der Waals surface area contributed by atoms with E-state index in [9.17, 15) is 13.5 Å². The molecular formula is C15H29NO3S. The van der Waals surface area contributed by atoms with E-state index in [-0.39, 0.29) is 18.4 Å². The standard InChI is InChI=1S/C15H29NO3S/c1-2-13-4-3-5-14(10-13)11-16(7-8-17)15-6-9-20(18,19)12-15/h13-15,17H,2-12H2,1H3/t13-,14-,15+/m1/s1. The van der Waals surface area contributed by atoms with Crippen LogP contribution >= 0.6 is 0 Å². The second kappa shape index (κ2) is 7.23. The molecule has 5 heteroatoms. The molecule has 0 unspecified atom stereocenters. The van der Waals surface area contributed by atoms with Gasteiger partial charge in [0.2, 0.25) is 0 Å². The molecule has 4 nitrogen and oxygen atoms in total. The van der Waals surface area contributed by atoms with E-state index in [4.69, 9.17) is 0 Å². The van der Waals surface area contributed by atoms with Crippen molar-refractivity contribution in [1.82, 2.24) is 4.90 Å². The van der Waals surface area contributed by atoms with Crippen molar-refractivity contribution in [2.75, 3.05) is 31.2 Å². The molecule has 1 aliphatic heterocycles. The summed E-state index contributed by atoms with van der Waals surface area (Å²) in [6.07, 6.45) is 7.19. The molecule has 0 aromatic rings. The number of hydrogen-bond donors (Lipinski definition) is 1. The van der Waals surface area contributed by atoms with Crippen LogP contribution in [0.2, 0.25) is 0 Å². The molecule has 0 aromatic heterocycles. The Bertz CT molecular complexity index is 396. The van der Waals surface area contributed by atoms with E-state index in [0.29, 0.717) is 18.2 Å². The van der Waals surface area contributed by atoms with Crippen molar-refractivity contribution in [3.8, 4) is 0 Å². The number of rotatable bonds is 6. The van der Waals surface area contributed by atoms with E-state index in [0.717, 1.165) is 18.9 Å². The highest BCUT2D eigenvalue weighted by molar-refractivity contribution is 7.91. The van der Waals surface area contributed by atoms with Crippen LogP contribution in [0.3, 0.4) is 0 Å². The van der Waals surface area contributed by atoms with Gasteiger partial charge in [0.05, 0.1) is 18.1 Å². The monoisotopic (exact) mass is 303 g/mol. The first-order valence-electron chi connectivity index (χ1n) is 8.09. The largest absolute Gasteiger partial charge is 0.395 e. The van der Waals surface area contributed by atoms with E-state index >= 15 is 0 Å². The minimum absolute atomic E-state index is 0.125. The molecule has 20 heavy (non-hydrogen) atoms. The lowest BCUT2D eigenvalue weighted by Gasteiger charge is -2.35. The molecule has 0 radical (unpaired) electrons. The summed E-state index contributed by atoms with van der Waals surface area (Å²) in [5.41, 5.74) is 0. The topological polar surface area (TPSA) is 57.6 Å². The summed E-state index contributed by atoms with van der Waals surface area (Å²) >= 11 is 0. The van der Waals surface area contributed by atoms with Gasteiger partial charge in [-0.15, -0.1) is 0 Å². The Balaban J connectivity index is 1.92. The normalized spacial score (nSPS) is 33.6. The van der Waals surface area contributed by atoms with Crippen LogP contribution < -0.4 is 0 Å². The van der Waals surface area contributed by atoms with Crippen molar-refractivity contribution < 1.29 is 13.5 Å². The van der Waals surface area contributed by atoms with Gasteiger partial charge < -0.3 is 5.11 Å². The van der Waals surface area contributed by atoms with Crippen LogP contribution in [0.25, 0.3) is 0 Å². The lowest BCUT2D eigenvalue weighted by molar-refractivity contribution is 0.116. The van der Waals surface area contributed by atoms with E-state index in [1.165, 1.54) is 32.1 Å². The molecule has 0 bridgehead atoms. The summed E-state index contributed by atoms with van der Waals surface area (Å²) < 4.78 is 23.3. The molecule has 118 valence electrons. The average Bonchev–Trinajstić information content (AvgIpc) is 2.79.